The molecule has 0 aliphatic heterocycles. The lowest BCUT2D eigenvalue weighted by molar-refractivity contribution is -0.135. The van der Waals surface area contributed by atoms with Crippen LogP contribution >= 0.6 is 0 Å². The van der Waals surface area contributed by atoms with Crippen molar-refractivity contribution in [2.45, 2.75) is 20.4 Å². The van der Waals surface area contributed by atoms with Crippen molar-refractivity contribution >= 4 is 5.91 Å². The molecule has 0 aliphatic carbocycles. The van der Waals surface area contributed by atoms with Crippen LogP contribution in [0.5, 0.6) is 0 Å². The zero-order valence-electron chi connectivity index (χ0n) is 10.8. The van der Waals surface area contributed by atoms with Crippen molar-refractivity contribution in [3.63, 3.8) is 0 Å². The van der Waals surface area contributed by atoms with Gasteiger partial charge in [-0.2, -0.15) is 0 Å². The van der Waals surface area contributed by atoms with Gasteiger partial charge in [0, 0.05) is 32.5 Å². The molecule has 1 amide bonds. The minimum atomic E-state index is -0.0955. The second-order valence-electron chi connectivity index (χ2n) is 4.64. The molecular formula is C13H21N3O. The molecule has 0 saturated heterocycles. The van der Waals surface area contributed by atoms with Crippen LogP contribution in [0.15, 0.2) is 24.5 Å². The summed E-state index contributed by atoms with van der Waals surface area (Å²) in [5, 5.41) is 0. The average Bonchev–Trinajstić information content (AvgIpc) is 2.30. The van der Waals surface area contributed by atoms with E-state index in [-0.39, 0.29) is 17.7 Å². The van der Waals surface area contributed by atoms with Crippen LogP contribution in [-0.2, 0) is 11.3 Å². The predicted molar refractivity (Wildman–Crippen MR) is 68.1 cm³/mol. The maximum atomic E-state index is 12.2. The zero-order chi connectivity index (χ0) is 12.8. The first-order chi connectivity index (χ1) is 8.06. The van der Waals surface area contributed by atoms with Gasteiger partial charge in [0.05, 0.1) is 5.92 Å². The van der Waals surface area contributed by atoms with Gasteiger partial charge in [-0.1, -0.05) is 13.8 Å². The van der Waals surface area contributed by atoms with Crippen LogP contribution in [0.3, 0.4) is 0 Å². The van der Waals surface area contributed by atoms with Crippen molar-refractivity contribution in [1.82, 2.24) is 9.88 Å². The molecule has 2 N–H and O–H groups in total. The van der Waals surface area contributed by atoms with Gasteiger partial charge in [0.1, 0.15) is 0 Å². The van der Waals surface area contributed by atoms with Gasteiger partial charge in [0.25, 0.3) is 0 Å². The Labute approximate surface area is 103 Å². The van der Waals surface area contributed by atoms with Crippen molar-refractivity contribution < 1.29 is 4.79 Å². The van der Waals surface area contributed by atoms with Crippen molar-refractivity contribution in [2.75, 3.05) is 13.6 Å². The lowest BCUT2D eigenvalue weighted by atomic mass is 9.94. The molecule has 94 valence electrons. The fourth-order valence-electron chi connectivity index (χ4n) is 1.78. The number of pyridine rings is 1. The number of carbonyl (C=O) groups excluding carboxylic acids is 1. The molecule has 4 heteroatoms. The van der Waals surface area contributed by atoms with Gasteiger partial charge in [-0.3, -0.25) is 9.78 Å². The van der Waals surface area contributed by atoms with Crippen molar-refractivity contribution in [2.24, 2.45) is 17.6 Å². The van der Waals surface area contributed by atoms with E-state index in [1.54, 1.807) is 17.3 Å². The number of rotatable bonds is 5. The van der Waals surface area contributed by atoms with Crippen LogP contribution in [-0.4, -0.2) is 29.4 Å². The topological polar surface area (TPSA) is 59.2 Å². The van der Waals surface area contributed by atoms with Crippen LogP contribution < -0.4 is 5.73 Å². The molecule has 0 fully saturated rings. The second-order valence-corrected chi connectivity index (χ2v) is 4.64. The maximum absolute atomic E-state index is 12.2. The van der Waals surface area contributed by atoms with E-state index in [4.69, 9.17) is 5.73 Å². The molecule has 1 atom stereocenters. The van der Waals surface area contributed by atoms with Gasteiger partial charge in [0.2, 0.25) is 5.91 Å². The van der Waals surface area contributed by atoms with Crippen molar-refractivity contribution in [3.8, 4) is 0 Å². The summed E-state index contributed by atoms with van der Waals surface area (Å²) in [5.41, 5.74) is 6.73. The molecular weight excluding hydrogens is 214 g/mol. The number of hydrogen-bond donors (Lipinski definition) is 1. The lowest BCUT2D eigenvalue weighted by Crippen LogP contribution is -2.38. The van der Waals surface area contributed by atoms with E-state index in [1.807, 2.05) is 33.0 Å². The van der Waals surface area contributed by atoms with Gasteiger partial charge in [-0.15, -0.1) is 0 Å². The molecule has 0 bridgehead atoms. The molecule has 1 heterocycles. The molecule has 17 heavy (non-hydrogen) atoms. The maximum Gasteiger partial charge on any atom is 0.227 e. The van der Waals surface area contributed by atoms with Crippen LogP contribution in [0.2, 0.25) is 0 Å². The fraction of sp³-hybridized carbons (Fsp3) is 0.538. The van der Waals surface area contributed by atoms with E-state index in [0.717, 1.165) is 5.56 Å². The van der Waals surface area contributed by atoms with E-state index in [0.29, 0.717) is 13.1 Å². The summed E-state index contributed by atoms with van der Waals surface area (Å²) in [7, 11) is 1.81. The molecule has 4 nitrogen and oxygen atoms in total. The first-order valence-electron chi connectivity index (χ1n) is 5.90. The normalized spacial score (nSPS) is 12.5. The Morgan fingerprint density at radius 1 is 1.41 bits per heavy atom. The second kappa shape index (κ2) is 6.35. The van der Waals surface area contributed by atoms with Crippen molar-refractivity contribution in [3.05, 3.63) is 30.1 Å². The summed E-state index contributed by atoms with van der Waals surface area (Å²) in [4.78, 5) is 17.8. The number of carbonyl (C=O) groups is 1. The molecule has 0 aliphatic rings. The highest BCUT2D eigenvalue weighted by atomic mass is 16.2. The highest BCUT2D eigenvalue weighted by molar-refractivity contribution is 5.79. The molecule has 1 rings (SSSR count). The Bertz CT molecular complexity index is 351. The van der Waals surface area contributed by atoms with Gasteiger partial charge >= 0.3 is 0 Å². The minimum Gasteiger partial charge on any atom is -0.341 e. The van der Waals surface area contributed by atoms with Crippen LogP contribution in [0.1, 0.15) is 19.4 Å². The summed E-state index contributed by atoms with van der Waals surface area (Å²) >= 11 is 0. The molecule has 0 spiro atoms. The van der Waals surface area contributed by atoms with Gasteiger partial charge in [-0.25, -0.2) is 0 Å². The van der Waals surface area contributed by atoms with E-state index in [9.17, 15) is 4.79 Å². The molecule has 0 aromatic carbocycles. The first kappa shape index (κ1) is 13.6. The number of amides is 1. The number of hydrogen-bond acceptors (Lipinski definition) is 3. The third-order valence-electron chi connectivity index (χ3n) is 2.92. The SMILES string of the molecule is CC(C)C(CN)C(=O)N(C)Cc1ccncc1. The Balaban J connectivity index is 2.64. The standard InChI is InChI=1S/C13H21N3O/c1-10(2)12(8-14)13(17)16(3)9-11-4-6-15-7-5-11/h4-7,10,12H,8-9,14H2,1-3H3. The first-order valence-corrected chi connectivity index (χ1v) is 5.90. The van der Waals surface area contributed by atoms with Gasteiger partial charge in [-0.05, 0) is 23.6 Å². The van der Waals surface area contributed by atoms with E-state index in [2.05, 4.69) is 4.98 Å². The zero-order valence-corrected chi connectivity index (χ0v) is 10.8. The number of nitrogens with zero attached hydrogens (tertiary/aromatic N) is 2. The van der Waals surface area contributed by atoms with Crippen molar-refractivity contribution in [1.29, 1.82) is 0 Å². The molecule has 0 saturated carbocycles. The van der Waals surface area contributed by atoms with Crippen LogP contribution in [0.4, 0.5) is 0 Å². The highest BCUT2D eigenvalue weighted by Gasteiger charge is 2.23. The third kappa shape index (κ3) is 3.82. The largest absolute Gasteiger partial charge is 0.341 e. The Hall–Kier alpha value is -1.42. The predicted octanol–water partition coefficient (Wildman–Crippen LogP) is 1.27. The summed E-state index contributed by atoms with van der Waals surface area (Å²) in [6.45, 7) is 5.05. The fourth-order valence-corrected chi connectivity index (χ4v) is 1.78. The number of nitrogens with two attached hydrogens (primary N) is 1. The Morgan fingerprint density at radius 2 is 2.00 bits per heavy atom. The average molecular weight is 235 g/mol. The van der Waals surface area contributed by atoms with Gasteiger partial charge < -0.3 is 10.6 Å². The lowest BCUT2D eigenvalue weighted by Gasteiger charge is -2.25. The minimum absolute atomic E-state index is 0.0955. The van der Waals surface area contributed by atoms with E-state index >= 15 is 0 Å². The van der Waals surface area contributed by atoms with E-state index < -0.39 is 0 Å². The summed E-state index contributed by atoms with van der Waals surface area (Å²) in [5.74, 6) is 0.286. The third-order valence-corrected chi connectivity index (χ3v) is 2.92. The quantitative estimate of drug-likeness (QED) is 0.836. The molecule has 1 unspecified atom stereocenters. The summed E-state index contributed by atoms with van der Waals surface area (Å²) in [6.07, 6.45) is 3.47. The molecule has 0 radical (unpaired) electrons. The number of aromatic nitrogens is 1. The van der Waals surface area contributed by atoms with Gasteiger partial charge in [0.15, 0.2) is 0 Å². The van der Waals surface area contributed by atoms with Crippen LogP contribution in [0.25, 0.3) is 0 Å². The van der Waals surface area contributed by atoms with Crippen LogP contribution in [0, 0.1) is 11.8 Å². The summed E-state index contributed by atoms with van der Waals surface area (Å²) in [6, 6.07) is 3.83. The molecule has 1 aromatic heterocycles. The molecule has 1 aromatic rings. The van der Waals surface area contributed by atoms with E-state index in [1.165, 1.54) is 0 Å². The Kier molecular flexibility index (Phi) is 5.10. The summed E-state index contributed by atoms with van der Waals surface area (Å²) < 4.78 is 0. The smallest absolute Gasteiger partial charge is 0.227 e. The monoisotopic (exact) mass is 235 g/mol. The highest BCUT2D eigenvalue weighted by Crippen LogP contribution is 2.13. The Morgan fingerprint density at radius 3 is 2.47 bits per heavy atom.